The van der Waals surface area contributed by atoms with Crippen LogP contribution in [0.15, 0.2) is 48.7 Å². The maximum absolute atomic E-state index is 12.4. The molecule has 0 saturated heterocycles. The average Bonchev–Trinajstić information content (AvgIpc) is 2.80. The van der Waals surface area contributed by atoms with Crippen molar-refractivity contribution in [1.29, 1.82) is 0 Å². The van der Waals surface area contributed by atoms with Crippen LogP contribution in [0.5, 0.6) is 0 Å². The van der Waals surface area contributed by atoms with E-state index in [1.165, 1.54) is 4.90 Å². The number of amides is 2. The molecule has 6 heteroatoms. The lowest BCUT2D eigenvalue weighted by molar-refractivity contribution is 0.0640. The van der Waals surface area contributed by atoms with Crippen LogP contribution >= 0.6 is 11.6 Å². The third-order valence-electron chi connectivity index (χ3n) is 3.79. The Bertz CT molecular complexity index is 936. The number of hydrogen-bond acceptors (Lipinski definition) is 4. The molecule has 2 amide bonds. The van der Waals surface area contributed by atoms with Gasteiger partial charge in [-0.3, -0.25) is 19.5 Å². The zero-order valence-corrected chi connectivity index (χ0v) is 12.6. The van der Waals surface area contributed by atoms with Crippen molar-refractivity contribution >= 4 is 34.3 Å². The number of fused-ring (bicyclic) bond motifs is 2. The molecule has 0 radical (unpaired) electrons. The Morgan fingerprint density at radius 1 is 1.00 bits per heavy atom. The molecular weight excluding hydrogens is 314 g/mol. The average molecular weight is 324 g/mol. The Labute approximate surface area is 136 Å². The molecular formula is C17H10ClN3O2. The highest BCUT2D eigenvalue weighted by Gasteiger charge is 2.35. The Balaban J connectivity index is 1.69. The van der Waals surface area contributed by atoms with Gasteiger partial charge in [-0.25, -0.2) is 4.98 Å². The third-order valence-corrected chi connectivity index (χ3v) is 4.01. The van der Waals surface area contributed by atoms with Crippen molar-refractivity contribution in [3.8, 4) is 0 Å². The SMILES string of the molecule is O=C1c2ccccc2C(=O)N1Cc1cc2nc(Cl)ccc2cn1. The molecule has 3 aromatic rings. The Morgan fingerprint density at radius 2 is 1.70 bits per heavy atom. The van der Waals surface area contributed by atoms with Crippen molar-refractivity contribution in [3.05, 3.63) is 70.6 Å². The van der Waals surface area contributed by atoms with E-state index in [1.54, 1.807) is 42.6 Å². The fraction of sp³-hybridized carbons (Fsp3) is 0.0588. The van der Waals surface area contributed by atoms with Gasteiger partial charge in [0.05, 0.1) is 28.9 Å². The summed E-state index contributed by atoms with van der Waals surface area (Å²) in [6.07, 6.45) is 1.66. The highest BCUT2D eigenvalue weighted by Crippen LogP contribution is 2.24. The zero-order chi connectivity index (χ0) is 16.0. The smallest absolute Gasteiger partial charge is 0.261 e. The number of imide groups is 1. The highest BCUT2D eigenvalue weighted by atomic mass is 35.5. The van der Waals surface area contributed by atoms with Crippen molar-refractivity contribution in [2.45, 2.75) is 6.54 Å². The fourth-order valence-electron chi connectivity index (χ4n) is 2.66. The van der Waals surface area contributed by atoms with Gasteiger partial charge < -0.3 is 0 Å². The van der Waals surface area contributed by atoms with Crippen LogP contribution in [-0.2, 0) is 6.54 Å². The minimum atomic E-state index is -0.299. The number of hydrogen-bond donors (Lipinski definition) is 0. The molecule has 0 bridgehead atoms. The predicted molar refractivity (Wildman–Crippen MR) is 85.2 cm³/mol. The van der Waals surface area contributed by atoms with E-state index >= 15 is 0 Å². The summed E-state index contributed by atoms with van der Waals surface area (Å²) in [7, 11) is 0. The van der Waals surface area contributed by atoms with Crippen LogP contribution in [0.4, 0.5) is 0 Å². The van der Waals surface area contributed by atoms with Crippen LogP contribution < -0.4 is 0 Å². The van der Waals surface area contributed by atoms with Crippen LogP contribution in [-0.4, -0.2) is 26.7 Å². The molecule has 4 rings (SSSR count). The molecule has 0 unspecified atom stereocenters. The van der Waals surface area contributed by atoms with Gasteiger partial charge in [0.15, 0.2) is 0 Å². The van der Waals surface area contributed by atoms with Crippen LogP contribution in [0, 0.1) is 0 Å². The topological polar surface area (TPSA) is 63.2 Å². The summed E-state index contributed by atoms with van der Waals surface area (Å²) < 4.78 is 0. The normalized spacial score (nSPS) is 13.7. The van der Waals surface area contributed by atoms with E-state index in [9.17, 15) is 9.59 Å². The van der Waals surface area contributed by atoms with E-state index in [0.717, 1.165) is 5.39 Å². The summed E-state index contributed by atoms with van der Waals surface area (Å²) in [5.41, 5.74) is 2.12. The monoisotopic (exact) mass is 323 g/mol. The maximum atomic E-state index is 12.4. The summed E-state index contributed by atoms with van der Waals surface area (Å²) >= 11 is 5.90. The molecule has 3 heterocycles. The lowest BCUT2D eigenvalue weighted by Crippen LogP contribution is -2.29. The third kappa shape index (κ3) is 2.26. The van der Waals surface area contributed by atoms with Crippen LogP contribution in [0.3, 0.4) is 0 Å². The van der Waals surface area contributed by atoms with Crippen LogP contribution in [0.1, 0.15) is 26.4 Å². The van der Waals surface area contributed by atoms with E-state index in [-0.39, 0.29) is 18.4 Å². The lowest BCUT2D eigenvalue weighted by Gasteiger charge is -2.13. The second-order valence-corrected chi connectivity index (χ2v) is 5.63. The summed E-state index contributed by atoms with van der Waals surface area (Å²) in [6.45, 7) is 0.108. The van der Waals surface area contributed by atoms with Crippen molar-refractivity contribution in [1.82, 2.24) is 14.9 Å². The van der Waals surface area contributed by atoms with Crippen LogP contribution in [0.2, 0.25) is 5.15 Å². The summed E-state index contributed by atoms with van der Waals surface area (Å²) in [4.78, 5) is 34.5. The number of nitrogens with zero attached hydrogens (tertiary/aromatic N) is 3. The Hall–Kier alpha value is -2.79. The Kier molecular flexibility index (Phi) is 3.09. The molecule has 0 atom stereocenters. The second kappa shape index (κ2) is 5.14. The number of carbonyl (C=O) groups is 2. The number of benzene rings is 1. The first-order valence-electron chi connectivity index (χ1n) is 7.00. The first kappa shape index (κ1) is 13.8. The van der Waals surface area contributed by atoms with E-state index < -0.39 is 0 Å². The van der Waals surface area contributed by atoms with Gasteiger partial charge in [-0.15, -0.1) is 0 Å². The van der Waals surface area contributed by atoms with Crippen molar-refractivity contribution < 1.29 is 9.59 Å². The van der Waals surface area contributed by atoms with Gasteiger partial charge in [0.25, 0.3) is 11.8 Å². The van der Waals surface area contributed by atoms with E-state index in [4.69, 9.17) is 11.6 Å². The Morgan fingerprint density at radius 3 is 2.39 bits per heavy atom. The van der Waals surface area contributed by atoms with E-state index in [1.807, 2.05) is 6.07 Å². The lowest BCUT2D eigenvalue weighted by atomic mass is 10.1. The van der Waals surface area contributed by atoms with Crippen molar-refractivity contribution in [2.24, 2.45) is 0 Å². The fourth-order valence-corrected chi connectivity index (χ4v) is 2.82. The number of halogens is 1. The van der Waals surface area contributed by atoms with Gasteiger partial charge in [0.2, 0.25) is 0 Å². The molecule has 23 heavy (non-hydrogen) atoms. The molecule has 1 aliphatic rings. The second-order valence-electron chi connectivity index (χ2n) is 5.24. The van der Waals surface area contributed by atoms with E-state index in [2.05, 4.69) is 9.97 Å². The van der Waals surface area contributed by atoms with Gasteiger partial charge in [0.1, 0.15) is 5.15 Å². The molecule has 1 aliphatic heterocycles. The molecule has 0 N–H and O–H groups in total. The number of aromatic nitrogens is 2. The van der Waals surface area contributed by atoms with Gasteiger partial charge >= 0.3 is 0 Å². The maximum Gasteiger partial charge on any atom is 0.261 e. The highest BCUT2D eigenvalue weighted by molar-refractivity contribution is 6.29. The molecule has 2 aromatic heterocycles. The summed E-state index contributed by atoms with van der Waals surface area (Å²) in [6, 6.07) is 12.1. The number of rotatable bonds is 2. The van der Waals surface area contributed by atoms with Crippen LogP contribution in [0.25, 0.3) is 10.9 Å². The number of carbonyl (C=O) groups excluding carboxylic acids is 2. The minimum Gasteiger partial charge on any atom is -0.269 e. The summed E-state index contributed by atoms with van der Waals surface area (Å²) in [5.74, 6) is -0.599. The quantitative estimate of drug-likeness (QED) is 0.537. The molecule has 5 nitrogen and oxygen atoms in total. The van der Waals surface area contributed by atoms with Crippen molar-refractivity contribution in [2.75, 3.05) is 0 Å². The van der Waals surface area contributed by atoms with Gasteiger partial charge in [-0.2, -0.15) is 0 Å². The standard InChI is InChI=1S/C17H10ClN3O2/c18-15-6-5-10-8-19-11(7-14(10)20-15)9-21-16(22)12-3-1-2-4-13(12)17(21)23/h1-8H,9H2. The zero-order valence-electron chi connectivity index (χ0n) is 11.9. The number of pyridine rings is 2. The predicted octanol–water partition coefficient (Wildman–Crippen LogP) is 3.08. The van der Waals surface area contributed by atoms with Gasteiger partial charge in [-0.1, -0.05) is 23.7 Å². The van der Waals surface area contributed by atoms with Crippen molar-refractivity contribution in [3.63, 3.8) is 0 Å². The summed E-state index contributed by atoms with van der Waals surface area (Å²) in [5, 5.41) is 1.23. The molecule has 0 aliphatic carbocycles. The molecule has 1 aromatic carbocycles. The molecule has 0 saturated carbocycles. The minimum absolute atomic E-state index is 0.108. The van der Waals surface area contributed by atoms with E-state index in [0.29, 0.717) is 27.5 Å². The largest absolute Gasteiger partial charge is 0.269 e. The first-order chi connectivity index (χ1) is 11.1. The molecule has 0 spiro atoms. The van der Waals surface area contributed by atoms with Gasteiger partial charge in [0, 0.05) is 11.6 Å². The molecule has 112 valence electrons. The molecule has 0 fully saturated rings. The first-order valence-corrected chi connectivity index (χ1v) is 7.38. The van der Waals surface area contributed by atoms with Gasteiger partial charge in [-0.05, 0) is 30.3 Å².